The number of hydrogen-bond acceptors (Lipinski definition) is 3. The third-order valence-corrected chi connectivity index (χ3v) is 5.11. The van der Waals surface area contributed by atoms with E-state index in [2.05, 4.69) is 5.32 Å². The first-order valence-corrected chi connectivity index (χ1v) is 6.83. The Kier molecular flexibility index (Phi) is 2.54. The molecule has 3 nitrogen and oxygen atoms in total. The highest BCUT2D eigenvalue weighted by Gasteiger charge is 2.52. The van der Waals surface area contributed by atoms with E-state index < -0.39 is 11.2 Å². The van der Waals surface area contributed by atoms with Crippen molar-refractivity contribution >= 4 is 0 Å². The molecular weight excluding hydrogens is 202 g/mol. The maximum atomic E-state index is 10.4. The van der Waals surface area contributed by atoms with E-state index in [0.29, 0.717) is 0 Å². The topological polar surface area (TPSA) is 52.5 Å². The van der Waals surface area contributed by atoms with Crippen molar-refractivity contribution in [2.24, 2.45) is 0 Å². The fourth-order valence-corrected chi connectivity index (χ4v) is 3.87. The summed E-state index contributed by atoms with van der Waals surface area (Å²) >= 11 is 0. The Morgan fingerprint density at radius 3 is 1.38 bits per heavy atom. The van der Waals surface area contributed by atoms with Gasteiger partial charge in [-0.15, -0.1) is 0 Å². The molecular formula is C13H23NO2. The van der Waals surface area contributed by atoms with E-state index in [1.54, 1.807) is 0 Å². The smallest absolute Gasteiger partial charge is 0.0800 e. The van der Waals surface area contributed by atoms with Gasteiger partial charge in [0.25, 0.3) is 0 Å². The molecule has 2 aliphatic carbocycles. The zero-order valence-corrected chi connectivity index (χ0v) is 9.91. The molecule has 2 saturated carbocycles. The van der Waals surface area contributed by atoms with Crippen LogP contribution in [0.3, 0.4) is 0 Å². The second-order valence-corrected chi connectivity index (χ2v) is 6.13. The lowest BCUT2D eigenvalue weighted by atomic mass is 9.74. The van der Waals surface area contributed by atoms with Crippen LogP contribution in [0.15, 0.2) is 0 Å². The van der Waals surface area contributed by atoms with Crippen LogP contribution in [-0.4, -0.2) is 33.5 Å². The minimum absolute atomic E-state index is 0.240. The van der Waals surface area contributed by atoms with Gasteiger partial charge in [0.2, 0.25) is 0 Å². The fourth-order valence-electron chi connectivity index (χ4n) is 3.87. The summed E-state index contributed by atoms with van der Waals surface area (Å²) in [7, 11) is 0. The molecule has 0 amide bonds. The molecule has 3 aliphatic rings. The summed E-state index contributed by atoms with van der Waals surface area (Å²) in [4.78, 5) is 0. The highest BCUT2D eigenvalue weighted by molar-refractivity contribution is 5.10. The van der Waals surface area contributed by atoms with E-state index in [1.165, 1.54) is 0 Å². The number of aliphatic hydroxyl groups is 2. The molecule has 1 heterocycles. The summed E-state index contributed by atoms with van der Waals surface area (Å²) in [5, 5.41) is 24.3. The van der Waals surface area contributed by atoms with E-state index in [-0.39, 0.29) is 12.1 Å². The van der Waals surface area contributed by atoms with Crippen LogP contribution in [0.25, 0.3) is 0 Å². The Morgan fingerprint density at radius 2 is 1.06 bits per heavy atom. The molecule has 16 heavy (non-hydrogen) atoms. The van der Waals surface area contributed by atoms with Crippen molar-refractivity contribution in [2.45, 2.75) is 81.1 Å². The molecule has 3 fully saturated rings. The van der Waals surface area contributed by atoms with Crippen LogP contribution in [0.2, 0.25) is 0 Å². The van der Waals surface area contributed by atoms with Gasteiger partial charge in [-0.3, -0.25) is 0 Å². The van der Waals surface area contributed by atoms with Crippen LogP contribution in [0.4, 0.5) is 0 Å². The summed E-state index contributed by atoms with van der Waals surface area (Å²) in [5.74, 6) is 0. The summed E-state index contributed by atoms with van der Waals surface area (Å²) in [6.45, 7) is 0. The molecule has 3 heteroatoms. The van der Waals surface area contributed by atoms with Gasteiger partial charge in [-0.05, 0) is 32.1 Å². The van der Waals surface area contributed by atoms with Gasteiger partial charge in [0, 0.05) is 12.1 Å². The van der Waals surface area contributed by atoms with Crippen molar-refractivity contribution in [2.75, 3.05) is 0 Å². The molecule has 0 aromatic carbocycles. The quantitative estimate of drug-likeness (QED) is 0.664. The molecule has 0 unspecified atom stereocenters. The second kappa shape index (κ2) is 3.69. The van der Waals surface area contributed by atoms with Crippen LogP contribution < -0.4 is 5.32 Å². The van der Waals surface area contributed by atoms with Crippen molar-refractivity contribution < 1.29 is 10.2 Å². The molecule has 2 atom stereocenters. The highest BCUT2D eigenvalue weighted by atomic mass is 16.3. The molecule has 0 radical (unpaired) electrons. The van der Waals surface area contributed by atoms with Gasteiger partial charge in [-0.2, -0.15) is 0 Å². The Hall–Kier alpha value is -0.120. The third-order valence-electron chi connectivity index (χ3n) is 5.11. The normalized spacial score (nSPS) is 40.9. The van der Waals surface area contributed by atoms with Crippen LogP contribution in [-0.2, 0) is 0 Å². The SMILES string of the molecule is OC1([C@H]2C[C@H](C3(O)CCCC3)N2)CCCC1. The summed E-state index contributed by atoms with van der Waals surface area (Å²) in [5.41, 5.74) is -0.934. The Balaban J connectivity index is 1.58. The molecule has 0 bridgehead atoms. The maximum Gasteiger partial charge on any atom is 0.0800 e. The first kappa shape index (κ1) is 11.0. The molecule has 0 aromatic rings. The maximum absolute atomic E-state index is 10.4. The Bertz CT molecular complexity index is 235. The predicted octanol–water partition coefficient (Wildman–Crippen LogP) is 1.33. The van der Waals surface area contributed by atoms with Crippen molar-refractivity contribution in [3.8, 4) is 0 Å². The van der Waals surface area contributed by atoms with Gasteiger partial charge in [-0.25, -0.2) is 0 Å². The van der Waals surface area contributed by atoms with E-state index >= 15 is 0 Å². The molecule has 0 aromatic heterocycles. The highest BCUT2D eigenvalue weighted by Crippen LogP contribution is 2.43. The molecule has 3 N–H and O–H groups in total. The van der Waals surface area contributed by atoms with Gasteiger partial charge in [0.1, 0.15) is 0 Å². The lowest BCUT2D eigenvalue weighted by Gasteiger charge is -2.50. The van der Waals surface area contributed by atoms with Crippen molar-refractivity contribution in [1.29, 1.82) is 0 Å². The van der Waals surface area contributed by atoms with E-state index in [9.17, 15) is 10.2 Å². The number of rotatable bonds is 2. The summed E-state index contributed by atoms with van der Waals surface area (Å²) in [6, 6.07) is 0.481. The van der Waals surface area contributed by atoms with Crippen molar-refractivity contribution in [1.82, 2.24) is 5.32 Å². The largest absolute Gasteiger partial charge is 0.388 e. The zero-order valence-electron chi connectivity index (χ0n) is 9.91. The number of hydrogen-bond donors (Lipinski definition) is 3. The van der Waals surface area contributed by atoms with Gasteiger partial charge in [0.05, 0.1) is 11.2 Å². The first-order chi connectivity index (χ1) is 7.62. The monoisotopic (exact) mass is 225 g/mol. The average Bonchev–Trinajstić information content (AvgIpc) is 2.73. The first-order valence-electron chi connectivity index (χ1n) is 6.83. The lowest BCUT2D eigenvalue weighted by Crippen LogP contribution is -2.69. The zero-order chi connectivity index (χ0) is 11.2. The predicted molar refractivity (Wildman–Crippen MR) is 62.2 cm³/mol. The molecule has 1 aliphatic heterocycles. The standard InChI is InChI=1S/C13H23NO2/c15-12(5-1-2-6-12)10-9-11(14-10)13(16)7-3-4-8-13/h10-11,14-16H,1-9H2/t10-,11-/m1/s1. The second-order valence-electron chi connectivity index (χ2n) is 6.13. The van der Waals surface area contributed by atoms with Gasteiger partial charge in [-0.1, -0.05) is 25.7 Å². The van der Waals surface area contributed by atoms with Gasteiger partial charge in [0.15, 0.2) is 0 Å². The molecule has 3 rings (SSSR count). The lowest BCUT2D eigenvalue weighted by molar-refractivity contribution is -0.0872. The van der Waals surface area contributed by atoms with Gasteiger partial charge >= 0.3 is 0 Å². The Morgan fingerprint density at radius 1 is 0.750 bits per heavy atom. The van der Waals surface area contributed by atoms with Crippen LogP contribution in [0, 0.1) is 0 Å². The van der Waals surface area contributed by atoms with Crippen LogP contribution >= 0.6 is 0 Å². The van der Waals surface area contributed by atoms with Crippen LogP contribution in [0.1, 0.15) is 57.8 Å². The average molecular weight is 225 g/mol. The molecule has 92 valence electrons. The van der Waals surface area contributed by atoms with E-state index in [4.69, 9.17) is 0 Å². The Labute approximate surface area is 97.2 Å². The van der Waals surface area contributed by atoms with Crippen LogP contribution in [0.5, 0.6) is 0 Å². The molecule has 1 saturated heterocycles. The third kappa shape index (κ3) is 1.60. The summed E-state index contributed by atoms with van der Waals surface area (Å²) < 4.78 is 0. The van der Waals surface area contributed by atoms with E-state index in [0.717, 1.165) is 57.8 Å². The summed E-state index contributed by atoms with van der Waals surface area (Å²) in [6.07, 6.45) is 9.35. The van der Waals surface area contributed by atoms with Crippen molar-refractivity contribution in [3.05, 3.63) is 0 Å². The molecule has 0 spiro atoms. The number of nitrogens with one attached hydrogen (secondary N) is 1. The minimum Gasteiger partial charge on any atom is -0.388 e. The van der Waals surface area contributed by atoms with Crippen molar-refractivity contribution in [3.63, 3.8) is 0 Å². The van der Waals surface area contributed by atoms with E-state index in [1.807, 2.05) is 0 Å². The van der Waals surface area contributed by atoms with Gasteiger partial charge < -0.3 is 15.5 Å². The fraction of sp³-hybridized carbons (Fsp3) is 1.00. The minimum atomic E-state index is -0.467.